The van der Waals surface area contributed by atoms with Crippen molar-refractivity contribution in [3.63, 3.8) is 0 Å². The third-order valence-corrected chi connectivity index (χ3v) is 7.00. The minimum atomic E-state index is 0.238. The first-order valence-corrected chi connectivity index (χ1v) is 13.7. The molecule has 0 aliphatic carbocycles. The van der Waals surface area contributed by atoms with Crippen LogP contribution in [0.4, 0.5) is 0 Å². The number of phenols is 1. The van der Waals surface area contributed by atoms with Crippen LogP contribution >= 0.6 is 0 Å². The summed E-state index contributed by atoms with van der Waals surface area (Å²) in [7, 11) is 0. The van der Waals surface area contributed by atoms with E-state index in [-0.39, 0.29) is 5.75 Å². The van der Waals surface area contributed by atoms with Crippen molar-refractivity contribution in [2.75, 3.05) is 0 Å². The fourth-order valence-corrected chi connectivity index (χ4v) is 4.99. The highest BCUT2D eigenvalue weighted by atomic mass is 16.3. The molecule has 6 aromatic rings. The molecule has 198 valence electrons. The Morgan fingerprint density at radius 2 is 0.854 bits per heavy atom. The minimum Gasteiger partial charge on any atom is -0.507 e. The summed E-state index contributed by atoms with van der Waals surface area (Å²) in [6.07, 6.45) is 1.74. The van der Waals surface area contributed by atoms with Crippen LogP contribution in [-0.4, -0.2) is 5.11 Å². The van der Waals surface area contributed by atoms with Gasteiger partial charge in [-0.3, -0.25) is 0 Å². The van der Waals surface area contributed by atoms with Gasteiger partial charge in [0.2, 0.25) is 0 Å². The zero-order chi connectivity index (χ0) is 28.4. The molecule has 1 heteroatoms. The molecule has 0 fully saturated rings. The highest BCUT2D eigenvalue weighted by Gasteiger charge is 2.20. The zero-order valence-corrected chi connectivity index (χ0v) is 22.9. The van der Waals surface area contributed by atoms with E-state index in [2.05, 4.69) is 73.8 Å². The molecule has 41 heavy (non-hydrogen) atoms. The number of aromatic hydroxyl groups is 1. The number of phenolic OH excluding ortho intramolecular Hbond substituents is 1. The van der Waals surface area contributed by atoms with Crippen LogP contribution in [0.1, 0.15) is 16.7 Å². The normalized spacial score (nSPS) is 10.2. The van der Waals surface area contributed by atoms with Gasteiger partial charge in [0, 0.05) is 11.1 Å². The van der Waals surface area contributed by atoms with Gasteiger partial charge in [-0.2, -0.15) is 0 Å². The second-order valence-corrected chi connectivity index (χ2v) is 9.62. The van der Waals surface area contributed by atoms with Gasteiger partial charge in [-0.15, -0.1) is 0 Å². The van der Waals surface area contributed by atoms with Crippen LogP contribution < -0.4 is 0 Å². The number of hydrogen-bond donors (Lipinski definition) is 1. The zero-order valence-electron chi connectivity index (χ0n) is 22.9. The molecule has 0 saturated heterocycles. The first-order chi connectivity index (χ1) is 20.2. The molecule has 0 aliphatic heterocycles. The van der Waals surface area contributed by atoms with E-state index >= 15 is 0 Å². The maximum atomic E-state index is 10.8. The second kappa shape index (κ2) is 13.1. The Balaban J connectivity index is 0.000000202. The van der Waals surface area contributed by atoms with Crippen molar-refractivity contribution in [3.8, 4) is 39.1 Å². The summed E-state index contributed by atoms with van der Waals surface area (Å²) < 4.78 is 0. The molecular weight excluding hydrogens is 496 g/mol. The predicted molar refractivity (Wildman–Crippen MR) is 176 cm³/mol. The SMILES string of the molecule is C=C(c1ccccc1)c1ccccc1.C=Cc1c(O)cc(-c2ccccc2)c(-c2ccccc2)c1-c1ccccc1. The number of benzene rings is 6. The fraction of sp³-hybridized carbons (Fsp3) is 0. The summed E-state index contributed by atoms with van der Waals surface area (Å²) in [6.45, 7) is 8.05. The van der Waals surface area contributed by atoms with Crippen molar-refractivity contribution in [1.29, 1.82) is 0 Å². The highest BCUT2D eigenvalue weighted by molar-refractivity contribution is 5.99. The van der Waals surface area contributed by atoms with Crippen LogP contribution in [0.25, 0.3) is 45.0 Å². The Bertz CT molecular complexity index is 1680. The van der Waals surface area contributed by atoms with Crippen molar-refractivity contribution in [3.05, 3.63) is 188 Å². The quantitative estimate of drug-likeness (QED) is 0.228. The number of rotatable bonds is 6. The van der Waals surface area contributed by atoms with E-state index in [1.807, 2.05) is 97.1 Å². The highest BCUT2D eigenvalue weighted by Crippen LogP contribution is 2.46. The molecular formula is C40H32O. The monoisotopic (exact) mass is 528 g/mol. The van der Waals surface area contributed by atoms with Gasteiger partial charge in [0.1, 0.15) is 5.75 Å². The molecule has 6 rings (SSSR count). The van der Waals surface area contributed by atoms with Crippen molar-refractivity contribution >= 4 is 11.6 Å². The molecule has 0 bridgehead atoms. The van der Waals surface area contributed by atoms with E-state index in [1.165, 1.54) is 11.1 Å². The molecule has 0 unspecified atom stereocenters. The number of hydrogen-bond acceptors (Lipinski definition) is 1. The van der Waals surface area contributed by atoms with Crippen molar-refractivity contribution in [1.82, 2.24) is 0 Å². The van der Waals surface area contributed by atoms with Gasteiger partial charge >= 0.3 is 0 Å². The van der Waals surface area contributed by atoms with Crippen LogP contribution in [-0.2, 0) is 0 Å². The van der Waals surface area contributed by atoms with Gasteiger partial charge in [-0.1, -0.05) is 171 Å². The fourth-order valence-electron chi connectivity index (χ4n) is 4.99. The van der Waals surface area contributed by atoms with E-state index in [0.717, 1.165) is 44.5 Å². The summed E-state index contributed by atoms with van der Waals surface area (Å²) >= 11 is 0. The molecule has 0 amide bonds. The van der Waals surface area contributed by atoms with Gasteiger partial charge in [-0.25, -0.2) is 0 Å². The maximum Gasteiger partial charge on any atom is 0.124 e. The minimum absolute atomic E-state index is 0.238. The van der Waals surface area contributed by atoms with Gasteiger partial charge in [0.25, 0.3) is 0 Å². The molecule has 0 atom stereocenters. The third kappa shape index (κ3) is 6.27. The van der Waals surface area contributed by atoms with Crippen molar-refractivity contribution in [2.24, 2.45) is 0 Å². The van der Waals surface area contributed by atoms with Crippen molar-refractivity contribution in [2.45, 2.75) is 0 Å². The van der Waals surface area contributed by atoms with Crippen LogP contribution in [0.5, 0.6) is 5.75 Å². The second-order valence-electron chi connectivity index (χ2n) is 9.62. The maximum absolute atomic E-state index is 10.8. The molecule has 6 aromatic carbocycles. The predicted octanol–water partition coefficient (Wildman–Crippen LogP) is 10.8. The third-order valence-electron chi connectivity index (χ3n) is 7.00. The summed E-state index contributed by atoms with van der Waals surface area (Å²) in [4.78, 5) is 0. The molecule has 1 N–H and O–H groups in total. The van der Waals surface area contributed by atoms with Crippen LogP contribution in [0.2, 0.25) is 0 Å². The first kappa shape index (κ1) is 27.2. The molecule has 0 spiro atoms. The Kier molecular flexibility index (Phi) is 8.69. The molecule has 0 saturated carbocycles. The molecule has 1 nitrogen and oxygen atoms in total. The van der Waals surface area contributed by atoms with E-state index in [9.17, 15) is 5.11 Å². The van der Waals surface area contributed by atoms with Gasteiger partial charge in [0.15, 0.2) is 0 Å². The average Bonchev–Trinajstić information content (AvgIpc) is 3.06. The summed E-state index contributed by atoms with van der Waals surface area (Å²) in [5.41, 5.74) is 10.5. The topological polar surface area (TPSA) is 20.2 Å². The molecule has 0 aromatic heterocycles. The average molecular weight is 529 g/mol. The summed E-state index contributed by atoms with van der Waals surface area (Å²) in [6, 6.07) is 53.0. The molecule has 0 heterocycles. The lowest BCUT2D eigenvalue weighted by Crippen LogP contribution is -1.94. The Morgan fingerprint density at radius 1 is 0.488 bits per heavy atom. The Labute approximate surface area is 243 Å². The smallest absolute Gasteiger partial charge is 0.124 e. The summed E-state index contributed by atoms with van der Waals surface area (Å²) in [5.74, 6) is 0.238. The molecule has 0 aliphatic rings. The Hall–Kier alpha value is -5.40. The van der Waals surface area contributed by atoms with Crippen LogP contribution in [0, 0.1) is 0 Å². The lowest BCUT2D eigenvalue weighted by atomic mass is 9.84. The van der Waals surface area contributed by atoms with Crippen molar-refractivity contribution < 1.29 is 5.11 Å². The van der Waals surface area contributed by atoms with Crippen LogP contribution in [0.15, 0.2) is 171 Å². The lowest BCUT2D eigenvalue weighted by Gasteiger charge is -2.20. The van der Waals surface area contributed by atoms with E-state index in [4.69, 9.17) is 0 Å². The molecule has 0 radical (unpaired) electrons. The van der Waals surface area contributed by atoms with E-state index in [1.54, 1.807) is 6.08 Å². The van der Waals surface area contributed by atoms with E-state index in [0.29, 0.717) is 0 Å². The van der Waals surface area contributed by atoms with Gasteiger partial charge in [0.05, 0.1) is 0 Å². The van der Waals surface area contributed by atoms with Gasteiger partial charge < -0.3 is 5.11 Å². The van der Waals surface area contributed by atoms with E-state index < -0.39 is 0 Å². The van der Waals surface area contributed by atoms with Gasteiger partial charge in [-0.05, 0) is 50.6 Å². The lowest BCUT2D eigenvalue weighted by molar-refractivity contribution is 0.474. The first-order valence-electron chi connectivity index (χ1n) is 13.7. The van der Waals surface area contributed by atoms with Crippen LogP contribution in [0.3, 0.4) is 0 Å². The Morgan fingerprint density at radius 3 is 1.27 bits per heavy atom. The largest absolute Gasteiger partial charge is 0.507 e. The summed E-state index contributed by atoms with van der Waals surface area (Å²) in [5, 5.41) is 10.8. The standard InChI is InChI=1S/C26H20O.C14H12/c1-2-22-24(27)18-23(19-12-6-3-7-13-19)26(21-16-10-5-11-17-21)25(22)20-14-8-4-9-15-20;1-12(13-8-4-2-5-9-13)14-10-6-3-7-11-14/h2-18,27H,1H2;2-11H,1H2.